The number of thiazole rings is 2. The molecule has 0 aliphatic heterocycles. The molecule has 2 fully saturated rings. The van der Waals surface area contributed by atoms with Gasteiger partial charge in [-0.2, -0.15) is 0 Å². The molecule has 10 heteroatoms. The summed E-state index contributed by atoms with van der Waals surface area (Å²) in [5.74, 6) is 0. The number of rotatable bonds is 14. The monoisotopic (exact) mass is 653 g/mol. The van der Waals surface area contributed by atoms with E-state index >= 15 is 0 Å². The topological polar surface area (TPSA) is 64.9 Å². The summed E-state index contributed by atoms with van der Waals surface area (Å²) in [4.78, 5) is 9.82. The van der Waals surface area contributed by atoms with Gasteiger partial charge in [0, 0.05) is 25.2 Å². The van der Waals surface area contributed by atoms with Gasteiger partial charge in [0.15, 0.2) is 8.68 Å². The number of para-hydroxylation sites is 2. The van der Waals surface area contributed by atoms with Gasteiger partial charge in [-0.05, 0) is 99.5 Å². The Kier molecular flexibility index (Phi) is 11.7. The minimum absolute atomic E-state index is 0.601. The van der Waals surface area contributed by atoms with Crippen molar-refractivity contribution in [2.75, 3.05) is 13.1 Å². The van der Waals surface area contributed by atoms with Crippen LogP contribution in [0.25, 0.3) is 20.4 Å². The SMILES string of the molecule is ON=C(CCCN(Sc1nc2ccccc2s1)C1CCCCC1)CCCN(Sc1nc2ccccc2s1)C1CCCCC1. The lowest BCUT2D eigenvalue weighted by Gasteiger charge is -2.33. The molecule has 0 unspecified atom stereocenters. The Bertz CT molecular complexity index is 1290. The molecule has 0 bridgehead atoms. The van der Waals surface area contributed by atoms with Crippen LogP contribution in [0.3, 0.4) is 0 Å². The van der Waals surface area contributed by atoms with Gasteiger partial charge in [0.25, 0.3) is 0 Å². The molecule has 2 aromatic heterocycles. The summed E-state index contributed by atoms with van der Waals surface area (Å²) in [6.07, 6.45) is 16.7. The van der Waals surface area contributed by atoms with Gasteiger partial charge in [0.2, 0.25) is 0 Å². The van der Waals surface area contributed by atoms with E-state index in [2.05, 4.69) is 62.3 Å². The van der Waals surface area contributed by atoms with Gasteiger partial charge >= 0.3 is 0 Å². The molecule has 2 heterocycles. The van der Waals surface area contributed by atoms with Gasteiger partial charge < -0.3 is 5.21 Å². The lowest BCUT2D eigenvalue weighted by molar-refractivity contribution is 0.268. The molecule has 4 aromatic rings. The Balaban J connectivity index is 1.02. The molecule has 43 heavy (non-hydrogen) atoms. The molecule has 6 nitrogen and oxygen atoms in total. The third kappa shape index (κ3) is 8.73. The molecular weight excluding hydrogens is 611 g/mol. The lowest BCUT2D eigenvalue weighted by atomic mass is 9.95. The fraction of sp³-hybridized carbons (Fsp3) is 0.545. The van der Waals surface area contributed by atoms with Crippen molar-refractivity contribution in [3.8, 4) is 0 Å². The summed E-state index contributed by atoms with van der Waals surface area (Å²) in [5.41, 5.74) is 3.12. The van der Waals surface area contributed by atoms with Crippen LogP contribution in [0.2, 0.25) is 0 Å². The molecule has 0 spiro atoms. The number of oxime groups is 1. The van der Waals surface area contributed by atoms with Crippen molar-refractivity contribution in [1.82, 2.24) is 18.6 Å². The van der Waals surface area contributed by atoms with E-state index in [4.69, 9.17) is 9.97 Å². The summed E-state index contributed by atoms with van der Waals surface area (Å²) in [6, 6.07) is 18.1. The third-order valence-electron chi connectivity index (χ3n) is 8.73. The normalized spacial score (nSPS) is 17.0. The van der Waals surface area contributed by atoms with E-state index in [1.807, 2.05) is 23.9 Å². The van der Waals surface area contributed by atoms with Crippen molar-refractivity contribution in [2.45, 2.75) is 111 Å². The van der Waals surface area contributed by atoms with E-state index < -0.39 is 0 Å². The zero-order valence-electron chi connectivity index (χ0n) is 24.9. The standard InChI is InChI=1S/C33H43N5OS4/c39-36-25(13-11-23-37(26-15-3-1-4-16-26)42-32-34-28-19-7-9-21-30(28)40-32)14-12-24-38(27-17-5-2-6-18-27)43-33-35-29-20-8-10-22-31(29)41-33/h7-10,19-22,26-27,39H,1-6,11-18,23-24H2. The second-order valence-electron chi connectivity index (χ2n) is 11.8. The maximum absolute atomic E-state index is 9.92. The molecule has 2 aliphatic carbocycles. The Morgan fingerprint density at radius 2 is 1.14 bits per heavy atom. The smallest absolute Gasteiger partial charge is 0.166 e. The van der Waals surface area contributed by atoms with E-state index in [1.165, 1.54) is 73.6 Å². The van der Waals surface area contributed by atoms with Gasteiger partial charge in [-0.15, -0.1) is 22.7 Å². The van der Waals surface area contributed by atoms with Crippen molar-refractivity contribution >= 4 is 72.7 Å². The lowest BCUT2D eigenvalue weighted by Crippen LogP contribution is -2.32. The second kappa shape index (κ2) is 16.0. The Morgan fingerprint density at radius 1 is 0.698 bits per heavy atom. The second-order valence-corrected chi connectivity index (χ2v) is 16.5. The Morgan fingerprint density at radius 3 is 1.56 bits per heavy atom. The van der Waals surface area contributed by atoms with Crippen LogP contribution < -0.4 is 0 Å². The quantitative estimate of drug-likeness (QED) is 0.0629. The largest absolute Gasteiger partial charge is 0.411 e. The van der Waals surface area contributed by atoms with Crippen LogP contribution in [0.1, 0.15) is 89.9 Å². The van der Waals surface area contributed by atoms with Crippen LogP contribution >= 0.6 is 46.6 Å². The highest BCUT2D eigenvalue weighted by atomic mass is 32.2. The minimum Gasteiger partial charge on any atom is -0.411 e. The first kappa shape index (κ1) is 31.3. The van der Waals surface area contributed by atoms with Crippen LogP contribution in [0.15, 0.2) is 62.4 Å². The fourth-order valence-electron chi connectivity index (χ4n) is 6.43. The van der Waals surface area contributed by atoms with Crippen LogP contribution in [0.4, 0.5) is 0 Å². The van der Waals surface area contributed by atoms with E-state index in [9.17, 15) is 5.21 Å². The van der Waals surface area contributed by atoms with E-state index in [1.54, 1.807) is 22.7 Å². The van der Waals surface area contributed by atoms with Gasteiger partial charge in [0.1, 0.15) is 0 Å². The van der Waals surface area contributed by atoms with Crippen molar-refractivity contribution in [3.63, 3.8) is 0 Å². The van der Waals surface area contributed by atoms with Crippen LogP contribution in [-0.4, -0.2) is 54.7 Å². The molecule has 0 radical (unpaired) electrons. The first-order valence-corrected chi connectivity index (χ1v) is 19.2. The molecule has 2 aromatic carbocycles. The van der Waals surface area contributed by atoms with Crippen LogP contribution in [0, 0.1) is 0 Å². The van der Waals surface area contributed by atoms with Crippen molar-refractivity contribution < 1.29 is 5.21 Å². The van der Waals surface area contributed by atoms with E-state index in [0.717, 1.165) is 64.2 Å². The number of hydrogen-bond acceptors (Lipinski definition) is 10. The molecule has 0 saturated heterocycles. The number of hydrogen-bond donors (Lipinski definition) is 1. The van der Waals surface area contributed by atoms with E-state index in [-0.39, 0.29) is 0 Å². The predicted molar refractivity (Wildman–Crippen MR) is 186 cm³/mol. The first-order valence-electron chi connectivity index (χ1n) is 16.1. The highest BCUT2D eigenvalue weighted by Crippen LogP contribution is 2.37. The maximum atomic E-state index is 9.92. The molecule has 2 aliphatic rings. The number of benzene rings is 2. The molecular formula is C33H43N5OS4. The zero-order valence-corrected chi connectivity index (χ0v) is 28.2. The summed E-state index contributed by atoms with van der Waals surface area (Å²) >= 11 is 7.28. The molecule has 0 amide bonds. The highest BCUT2D eigenvalue weighted by molar-refractivity contribution is 7.99. The van der Waals surface area contributed by atoms with E-state index in [0.29, 0.717) is 12.1 Å². The van der Waals surface area contributed by atoms with Gasteiger partial charge in [-0.25, -0.2) is 18.6 Å². The average Bonchev–Trinajstić information content (AvgIpc) is 3.67. The van der Waals surface area contributed by atoms with Gasteiger partial charge in [-0.1, -0.05) is 67.9 Å². The minimum atomic E-state index is 0.601. The summed E-state index contributed by atoms with van der Waals surface area (Å²) < 4.78 is 9.96. The number of nitrogens with zero attached hydrogens (tertiary/aromatic N) is 5. The van der Waals surface area contributed by atoms with Crippen LogP contribution in [-0.2, 0) is 0 Å². The summed E-state index contributed by atoms with van der Waals surface area (Å²) in [7, 11) is 0. The summed E-state index contributed by atoms with van der Waals surface area (Å²) in [6.45, 7) is 1.98. The van der Waals surface area contributed by atoms with Crippen molar-refractivity contribution in [2.24, 2.45) is 5.16 Å². The number of aromatic nitrogens is 2. The molecule has 0 atom stereocenters. The molecule has 2 saturated carbocycles. The average molecular weight is 654 g/mol. The molecule has 6 rings (SSSR count). The zero-order chi connectivity index (χ0) is 29.3. The van der Waals surface area contributed by atoms with Crippen molar-refractivity contribution in [3.05, 3.63) is 48.5 Å². The molecule has 230 valence electrons. The third-order valence-corrected chi connectivity index (χ3v) is 13.3. The molecule has 1 N–H and O–H groups in total. The maximum Gasteiger partial charge on any atom is 0.166 e. The highest BCUT2D eigenvalue weighted by Gasteiger charge is 2.25. The Hall–Kier alpha value is -1.69. The van der Waals surface area contributed by atoms with Crippen molar-refractivity contribution in [1.29, 1.82) is 0 Å². The van der Waals surface area contributed by atoms with Crippen LogP contribution in [0.5, 0.6) is 0 Å². The predicted octanol–water partition coefficient (Wildman–Crippen LogP) is 10.3. The first-order chi connectivity index (χ1) is 21.2. The summed E-state index contributed by atoms with van der Waals surface area (Å²) in [5, 5.41) is 13.7. The fourth-order valence-corrected chi connectivity index (χ4v) is 11.1. The number of fused-ring (bicyclic) bond motifs is 2. The van der Waals surface area contributed by atoms with Gasteiger partial charge in [0.05, 0.1) is 26.1 Å². The Labute approximate surface area is 272 Å². The van der Waals surface area contributed by atoms with Gasteiger partial charge in [-0.3, -0.25) is 0 Å².